The molecule has 0 rings (SSSR count). The van der Waals surface area contributed by atoms with Crippen molar-refractivity contribution in [3.05, 3.63) is 60.8 Å². The standard InChI is InChI=1S/C46H82NO10P/c1-6-8-10-12-14-15-16-17-18-19-20-21-22-24-30-36-45(50)54-40-44(41-56-58(52,53)55-39-38-47(3,4)5)57-46(51)37-31-35-43(49)34-29-26-25-28-33-42(48)32-27-23-13-11-9-7-2/h17-18,23,25-29,33-34,42-44,48-49H,6-16,19-22,24,30-32,35-41H2,1-5H3/b18-17-,26-25+,27-23-,33-28+,34-29-/t42-,43-,44+/m0/s1. The number of ether oxygens (including phenoxy) is 2. The molecule has 0 heterocycles. The highest BCUT2D eigenvalue weighted by atomic mass is 31.2. The lowest BCUT2D eigenvalue weighted by atomic mass is 10.1. The summed E-state index contributed by atoms with van der Waals surface area (Å²) in [5.74, 6) is -1.09. The van der Waals surface area contributed by atoms with E-state index in [0.717, 1.165) is 44.9 Å². The topological polar surface area (TPSA) is 152 Å². The third-order valence-electron chi connectivity index (χ3n) is 9.20. The number of hydrogen-bond donors (Lipinski definition) is 2. The van der Waals surface area contributed by atoms with Crippen LogP contribution >= 0.6 is 7.82 Å². The van der Waals surface area contributed by atoms with Crippen LogP contribution in [0.2, 0.25) is 0 Å². The Kier molecular flexibility index (Phi) is 36.1. The summed E-state index contributed by atoms with van der Waals surface area (Å²) in [5.41, 5.74) is 0. The van der Waals surface area contributed by atoms with E-state index < -0.39 is 44.7 Å². The number of quaternary nitrogens is 1. The second-order valence-corrected chi connectivity index (χ2v) is 17.5. The third-order valence-corrected chi connectivity index (χ3v) is 10.2. The number of carbonyl (C=O) groups is 2. The van der Waals surface area contributed by atoms with Gasteiger partial charge in [-0.05, 0) is 64.2 Å². The highest BCUT2D eigenvalue weighted by Crippen LogP contribution is 2.38. The first-order valence-corrected chi connectivity index (χ1v) is 23.7. The molecule has 0 aliphatic heterocycles. The van der Waals surface area contributed by atoms with Gasteiger partial charge in [0.2, 0.25) is 0 Å². The molecule has 336 valence electrons. The Labute approximate surface area is 352 Å². The number of phosphoric ester groups is 1. The molecule has 2 N–H and O–H groups in total. The Bertz CT molecular complexity index is 1210. The van der Waals surface area contributed by atoms with Gasteiger partial charge in [-0.1, -0.05) is 139 Å². The molecule has 12 heteroatoms. The molecule has 1 unspecified atom stereocenters. The third kappa shape index (κ3) is 40.4. The number of rotatable bonds is 39. The molecule has 0 amide bonds. The summed E-state index contributed by atoms with van der Waals surface area (Å²) < 4.78 is 33.7. The van der Waals surface area contributed by atoms with Gasteiger partial charge in [-0.2, -0.15) is 0 Å². The van der Waals surface area contributed by atoms with Crippen molar-refractivity contribution in [2.75, 3.05) is 47.5 Å². The average molecular weight is 840 g/mol. The summed E-state index contributed by atoms with van der Waals surface area (Å²) in [7, 11) is 0.997. The first-order valence-electron chi connectivity index (χ1n) is 22.2. The van der Waals surface area contributed by atoms with Gasteiger partial charge in [-0.3, -0.25) is 14.2 Å². The fourth-order valence-electron chi connectivity index (χ4n) is 5.61. The van der Waals surface area contributed by atoms with Crippen molar-refractivity contribution in [2.24, 2.45) is 0 Å². The van der Waals surface area contributed by atoms with Crippen LogP contribution in [0.15, 0.2) is 60.8 Å². The minimum absolute atomic E-state index is 0.0389. The van der Waals surface area contributed by atoms with Crippen LogP contribution in [0.1, 0.15) is 155 Å². The first-order chi connectivity index (χ1) is 27.8. The number of aliphatic hydroxyl groups is 2. The highest BCUT2D eigenvalue weighted by molar-refractivity contribution is 7.45. The van der Waals surface area contributed by atoms with E-state index >= 15 is 0 Å². The zero-order valence-corrected chi connectivity index (χ0v) is 37.8. The average Bonchev–Trinajstić information content (AvgIpc) is 3.16. The van der Waals surface area contributed by atoms with Gasteiger partial charge >= 0.3 is 11.9 Å². The van der Waals surface area contributed by atoms with Crippen molar-refractivity contribution in [1.82, 2.24) is 0 Å². The summed E-state index contributed by atoms with van der Waals surface area (Å²) >= 11 is 0. The van der Waals surface area contributed by atoms with Crippen LogP contribution in [0.3, 0.4) is 0 Å². The molecule has 58 heavy (non-hydrogen) atoms. The summed E-state index contributed by atoms with van der Waals surface area (Å²) in [6.07, 6.45) is 37.3. The van der Waals surface area contributed by atoms with Crippen molar-refractivity contribution in [3.8, 4) is 0 Å². The van der Waals surface area contributed by atoms with Crippen LogP contribution in [0.25, 0.3) is 0 Å². The number of allylic oxidation sites excluding steroid dienone is 7. The van der Waals surface area contributed by atoms with Gasteiger partial charge < -0.3 is 38.1 Å². The molecule has 0 aliphatic carbocycles. The Morgan fingerprint density at radius 1 is 0.638 bits per heavy atom. The second kappa shape index (κ2) is 37.6. The van der Waals surface area contributed by atoms with Gasteiger partial charge in [0.1, 0.15) is 19.8 Å². The molecule has 4 atom stereocenters. The quantitative estimate of drug-likeness (QED) is 0.0153. The van der Waals surface area contributed by atoms with E-state index in [1.165, 1.54) is 57.8 Å². The fraction of sp³-hybridized carbons (Fsp3) is 0.739. The maximum absolute atomic E-state index is 12.7. The largest absolute Gasteiger partial charge is 0.756 e. The van der Waals surface area contributed by atoms with E-state index in [1.807, 2.05) is 27.2 Å². The second-order valence-electron chi connectivity index (χ2n) is 16.1. The van der Waals surface area contributed by atoms with E-state index in [9.17, 15) is 29.3 Å². The van der Waals surface area contributed by atoms with Crippen molar-refractivity contribution >= 4 is 19.8 Å². The van der Waals surface area contributed by atoms with Gasteiger partial charge in [0.25, 0.3) is 7.82 Å². The number of carbonyl (C=O) groups excluding carboxylic acids is 2. The van der Waals surface area contributed by atoms with Gasteiger partial charge in [0.05, 0.1) is 40.0 Å². The first kappa shape index (κ1) is 55.6. The molecule has 0 fully saturated rings. The maximum Gasteiger partial charge on any atom is 0.306 e. The number of likely N-dealkylation sites (N-methyl/N-ethyl adjacent to an activating group) is 1. The van der Waals surface area contributed by atoms with Gasteiger partial charge in [-0.15, -0.1) is 0 Å². The molecule has 0 aromatic rings. The van der Waals surface area contributed by atoms with E-state index in [1.54, 1.807) is 36.5 Å². The number of hydrogen-bond acceptors (Lipinski definition) is 10. The van der Waals surface area contributed by atoms with Gasteiger partial charge in [0.15, 0.2) is 6.10 Å². The highest BCUT2D eigenvalue weighted by Gasteiger charge is 2.22. The van der Waals surface area contributed by atoms with E-state index in [0.29, 0.717) is 36.7 Å². The predicted molar refractivity (Wildman–Crippen MR) is 234 cm³/mol. The number of unbranched alkanes of at least 4 members (excludes halogenated alkanes) is 14. The number of esters is 2. The fourth-order valence-corrected chi connectivity index (χ4v) is 6.34. The van der Waals surface area contributed by atoms with E-state index in [4.69, 9.17) is 18.5 Å². The van der Waals surface area contributed by atoms with Gasteiger partial charge in [0, 0.05) is 12.8 Å². The molecule has 11 nitrogen and oxygen atoms in total. The Hall–Kier alpha value is -2.37. The number of phosphoric acid groups is 1. The summed E-state index contributed by atoms with van der Waals surface area (Å²) in [6.45, 7) is 3.85. The number of aliphatic hydroxyl groups excluding tert-OH is 2. The predicted octanol–water partition coefficient (Wildman–Crippen LogP) is 9.77. The van der Waals surface area contributed by atoms with Crippen LogP contribution in [-0.4, -0.2) is 92.5 Å². The molecule has 0 aromatic heterocycles. The van der Waals surface area contributed by atoms with E-state index in [2.05, 4.69) is 32.1 Å². The van der Waals surface area contributed by atoms with Crippen LogP contribution in [0.5, 0.6) is 0 Å². The lowest BCUT2D eigenvalue weighted by Gasteiger charge is -2.28. The molecular formula is C46H82NO10P. The van der Waals surface area contributed by atoms with Crippen LogP contribution < -0.4 is 4.89 Å². The minimum atomic E-state index is -4.70. The number of nitrogens with zero attached hydrogens (tertiary/aromatic N) is 1. The van der Waals surface area contributed by atoms with Crippen molar-refractivity contribution in [2.45, 2.75) is 173 Å². The van der Waals surface area contributed by atoms with Crippen LogP contribution in [-0.2, 0) is 32.7 Å². The molecule has 0 saturated carbocycles. The SMILES string of the molecule is CCCCC/C=C\C[C@H](O)/C=C/C=C/C=C\[C@H](O)CCCC(=O)O[C@H](COC(=O)CCCCCCC/C=C\CCCCCCCC)COP(=O)([O-])OCC[N+](C)(C)C. The van der Waals surface area contributed by atoms with Crippen LogP contribution in [0.4, 0.5) is 0 Å². The smallest absolute Gasteiger partial charge is 0.306 e. The lowest BCUT2D eigenvalue weighted by Crippen LogP contribution is -2.37. The maximum atomic E-state index is 12.7. The normalized spacial score (nSPS) is 15.2. The van der Waals surface area contributed by atoms with Crippen LogP contribution in [0, 0.1) is 0 Å². The Morgan fingerprint density at radius 3 is 1.78 bits per heavy atom. The van der Waals surface area contributed by atoms with Crippen molar-refractivity contribution in [3.63, 3.8) is 0 Å². The summed E-state index contributed by atoms with van der Waals surface area (Å²) in [6, 6.07) is 0. The molecule has 0 radical (unpaired) electrons. The Morgan fingerprint density at radius 2 is 1.16 bits per heavy atom. The molecule has 0 spiro atoms. The lowest BCUT2D eigenvalue weighted by molar-refractivity contribution is -0.870. The van der Waals surface area contributed by atoms with Gasteiger partial charge in [-0.25, -0.2) is 0 Å². The molecule has 0 aliphatic rings. The summed E-state index contributed by atoms with van der Waals surface area (Å²) in [4.78, 5) is 37.5. The zero-order chi connectivity index (χ0) is 43.2. The zero-order valence-electron chi connectivity index (χ0n) is 36.9. The molecule has 0 saturated heterocycles. The molecular weight excluding hydrogens is 757 g/mol. The van der Waals surface area contributed by atoms with Crippen molar-refractivity contribution < 1.29 is 52.3 Å². The molecule has 0 aromatic carbocycles. The molecule has 0 bridgehead atoms. The van der Waals surface area contributed by atoms with E-state index in [-0.39, 0.29) is 26.1 Å². The monoisotopic (exact) mass is 840 g/mol. The Balaban J connectivity index is 4.65. The minimum Gasteiger partial charge on any atom is -0.756 e. The summed E-state index contributed by atoms with van der Waals surface area (Å²) in [5, 5.41) is 20.4. The van der Waals surface area contributed by atoms with Crippen molar-refractivity contribution in [1.29, 1.82) is 0 Å².